The van der Waals surface area contributed by atoms with E-state index in [1.54, 1.807) is 4.31 Å². The van der Waals surface area contributed by atoms with Crippen LogP contribution in [0.1, 0.15) is 21.0 Å². The number of hydrogen-bond donors (Lipinski definition) is 0. The molecule has 1 aromatic carbocycles. The van der Waals surface area contributed by atoms with Gasteiger partial charge in [-0.2, -0.15) is 4.31 Å². The summed E-state index contributed by atoms with van der Waals surface area (Å²) in [6.45, 7) is 9.60. The summed E-state index contributed by atoms with van der Waals surface area (Å²) >= 11 is 7.59. The molecule has 0 atom stereocenters. The summed E-state index contributed by atoms with van der Waals surface area (Å²) < 4.78 is 34.4. The van der Waals surface area contributed by atoms with E-state index in [0.717, 1.165) is 26.7 Å². The summed E-state index contributed by atoms with van der Waals surface area (Å²) in [5.74, 6) is 0.547. The molecule has 0 amide bonds. The number of aryl methyl sites for hydroxylation is 3. The first-order chi connectivity index (χ1) is 14.2. The molecule has 2 aromatic heterocycles. The Morgan fingerprint density at radius 1 is 1.07 bits per heavy atom. The lowest BCUT2D eigenvalue weighted by atomic mass is 10.1. The molecule has 1 aliphatic rings. The van der Waals surface area contributed by atoms with E-state index in [-0.39, 0.29) is 0 Å². The minimum atomic E-state index is -3.67. The largest absolute Gasteiger partial charge is 0.369 e. The quantitative estimate of drug-likeness (QED) is 0.553. The van der Waals surface area contributed by atoms with Gasteiger partial charge in [0, 0.05) is 52.2 Å². The van der Waals surface area contributed by atoms with Crippen LogP contribution in [0.3, 0.4) is 0 Å². The highest BCUT2D eigenvalue weighted by atomic mass is 35.5. The van der Waals surface area contributed by atoms with Crippen molar-refractivity contribution in [2.45, 2.75) is 32.6 Å². The molecule has 3 aromatic rings. The van der Waals surface area contributed by atoms with Crippen LogP contribution in [0.5, 0.6) is 0 Å². The van der Waals surface area contributed by atoms with Gasteiger partial charge in [-0.15, -0.1) is 11.3 Å². The Hall–Kier alpha value is -1.87. The second-order valence-corrected chi connectivity index (χ2v) is 11.3. The molecular formula is C21H24ClN3O3S2. The number of thiophene rings is 1. The van der Waals surface area contributed by atoms with E-state index in [0.29, 0.717) is 47.4 Å². The third kappa shape index (κ3) is 3.66. The lowest BCUT2D eigenvalue weighted by molar-refractivity contribution is 0.384. The second kappa shape index (κ2) is 8.00. The Morgan fingerprint density at radius 3 is 2.37 bits per heavy atom. The highest BCUT2D eigenvalue weighted by Gasteiger charge is 2.35. The fourth-order valence-corrected chi connectivity index (χ4v) is 7.28. The first-order valence-corrected chi connectivity index (χ1v) is 12.4. The number of rotatable bonds is 4. The SMILES string of the molecule is Cc1noc(-c2c(C)sc(C)c2S(=O)(=O)N2CCN(c3cccc(Cl)c3)CC2)c1C. The summed E-state index contributed by atoms with van der Waals surface area (Å²) in [7, 11) is -3.67. The monoisotopic (exact) mass is 465 g/mol. The molecular weight excluding hydrogens is 442 g/mol. The van der Waals surface area contributed by atoms with Gasteiger partial charge in [0.2, 0.25) is 10.0 Å². The smallest absolute Gasteiger partial charge is 0.245 e. The van der Waals surface area contributed by atoms with Gasteiger partial charge in [0.05, 0.1) is 11.3 Å². The predicted molar refractivity (Wildman–Crippen MR) is 121 cm³/mol. The Kier molecular flexibility index (Phi) is 5.69. The van der Waals surface area contributed by atoms with E-state index in [9.17, 15) is 8.42 Å². The minimum absolute atomic E-state index is 0.348. The molecule has 0 saturated carbocycles. The molecule has 4 rings (SSSR count). The number of sulfonamides is 1. The number of aromatic nitrogens is 1. The topological polar surface area (TPSA) is 66.7 Å². The molecule has 1 fully saturated rings. The lowest BCUT2D eigenvalue weighted by Crippen LogP contribution is -2.48. The number of nitrogens with zero attached hydrogens (tertiary/aromatic N) is 3. The van der Waals surface area contributed by atoms with Gasteiger partial charge in [0.15, 0.2) is 5.76 Å². The van der Waals surface area contributed by atoms with Crippen LogP contribution in [-0.2, 0) is 10.0 Å². The first-order valence-electron chi connectivity index (χ1n) is 9.74. The van der Waals surface area contributed by atoms with E-state index in [4.69, 9.17) is 16.1 Å². The molecule has 1 saturated heterocycles. The average molecular weight is 466 g/mol. The van der Waals surface area contributed by atoms with Crippen molar-refractivity contribution in [3.05, 3.63) is 50.3 Å². The summed E-state index contributed by atoms with van der Waals surface area (Å²) in [5, 5.41) is 4.71. The maximum atomic E-state index is 13.7. The van der Waals surface area contributed by atoms with Crippen molar-refractivity contribution in [1.82, 2.24) is 9.46 Å². The van der Waals surface area contributed by atoms with Crippen LogP contribution in [0.25, 0.3) is 11.3 Å². The number of piperazine rings is 1. The number of anilines is 1. The predicted octanol–water partition coefficient (Wildman–Crippen LogP) is 4.80. The van der Waals surface area contributed by atoms with Crippen molar-refractivity contribution in [3.8, 4) is 11.3 Å². The summed E-state index contributed by atoms with van der Waals surface area (Å²) in [6.07, 6.45) is 0. The van der Waals surface area contributed by atoms with Crippen molar-refractivity contribution in [3.63, 3.8) is 0 Å². The molecule has 1 aliphatic heterocycles. The summed E-state index contributed by atoms with van der Waals surface area (Å²) in [5.41, 5.74) is 3.30. The minimum Gasteiger partial charge on any atom is -0.369 e. The molecule has 3 heterocycles. The zero-order valence-corrected chi connectivity index (χ0v) is 19.8. The van der Waals surface area contributed by atoms with Crippen LogP contribution >= 0.6 is 22.9 Å². The Balaban J connectivity index is 1.65. The van der Waals surface area contributed by atoms with Crippen molar-refractivity contribution >= 4 is 38.6 Å². The van der Waals surface area contributed by atoms with Crippen LogP contribution in [0.15, 0.2) is 33.7 Å². The lowest BCUT2D eigenvalue weighted by Gasteiger charge is -2.35. The van der Waals surface area contributed by atoms with Crippen molar-refractivity contribution in [2.24, 2.45) is 0 Å². The Morgan fingerprint density at radius 2 is 1.77 bits per heavy atom. The maximum Gasteiger partial charge on any atom is 0.245 e. The molecule has 30 heavy (non-hydrogen) atoms. The Labute approximate surface area is 186 Å². The van der Waals surface area contributed by atoms with Crippen LogP contribution in [0.2, 0.25) is 5.02 Å². The molecule has 9 heteroatoms. The van der Waals surface area contributed by atoms with E-state index in [2.05, 4.69) is 10.1 Å². The van der Waals surface area contributed by atoms with E-state index in [1.165, 1.54) is 11.3 Å². The summed E-state index contributed by atoms with van der Waals surface area (Å²) in [6, 6.07) is 7.65. The molecule has 6 nitrogen and oxygen atoms in total. The maximum absolute atomic E-state index is 13.7. The average Bonchev–Trinajstić information content (AvgIpc) is 3.20. The third-order valence-electron chi connectivity index (χ3n) is 5.60. The number of hydrogen-bond acceptors (Lipinski definition) is 6. The van der Waals surface area contributed by atoms with Gasteiger partial charge in [-0.05, 0) is 45.9 Å². The van der Waals surface area contributed by atoms with Gasteiger partial charge in [0.1, 0.15) is 4.90 Å². The first kappa shape index (κ1) is 21.4. The molecule has 0 aliphatic carbocycles. The highest BCUT2D eigenvalue weighted by molar-refractivity contribution is 7.89. The van der Waals surface area contributed by atoms with Crippen LogP contribution < -0.4 is 4.90 Å². The van der Waals surface area contributed by atoms with Gasteiger partial charge in [-0.1, -0.05) is 22.8 Å². The molecule has 0 radical (unpaired) electrons. The van der Waals surface area contributed by atoms with Crippen molar-refractivity contribution in [2.75, 3.05) is 31.1 Å². The second-order valence-electron chi connectivity index (χ2n) is 7.51. The Bertz CT molecular complexity index is 1190. The van der Waals surface area contributed by atoms with E-state index < -0.39 is 10.0 Å². The van der Waals surface area contributed by atoms with Gasteiger partial charge < -0.3 is 9.42 Å². The van der Waals surface area contributed by atoms with Gasteiger partial charge >= 0.3 is 0 Å². The molecule has 0 unspecified atom stereocenters. The zero-order chi connectivity index (χ0) is 21.6. The fraction of sp³-hybridized carbons (Fsp3) is 0.381. The van der Waals surface area contributed by atoms with E-state index in [1.807, 2.05) is 52.0 Å². The number of halogens is 1. The van der Waals surface area contributed by atoms with Gasteiger partial charge in [-0.3, -0.25) is 0 Å². The normalized spacial score (nSPS) is 15.7. The third-order valence-corrected chi connectivity index (χ3v) is 9.06. The van der Waals surface area contributed by atoms with Gasteiger partial charge in [0.25, 0.3) is 0 Å². The molecule has 0 spiro atoms. The van der Waals surface area contributed by atoms with Crippen LogP contribution in [0, 0.1) is 27.7 Å². The van der Waals surface area contributed by atoms with Gasteiger partial charge in [-0.25, -0.2) is 8.42 Å². The summed E-state index contributed by atoms with van der Waals surface area (Å²) in [4.78, 5) is 4.20. The van der Waals surface area contributed by atoms with E-state index >= 15 is 0 Å². The standard InChI is InChI=1S/C21H24ClN3O3S2/c1-13-14(2)23-28-20(13)19-15(3)29-16(4)21(19)30(26,27)25-10-8-24(9-11-25)18-7-5-6-17(22)12-18/h5-7,12H,8-11H2,1-4H3. The molecule has 160 valence electrons. The zero-order valence-electron chi connectivity index (χ0n) is 17.4. The van der Waals surface area contributed by atoms with Crippen LogP contribution in [0.4, 0.5) is 5.69 Å². The van der Waals surface area contributed by atoms with Crippen molar-refractivity contribution in [1.29, 1.82) is 0 Å². The highest BCUT2D eigenvalue weighted by Crippen LogP contribution is 2.42. The number of benzene rings is 1. The molecule has 0 N–H and O–H groups in total. The van der Waals surface area contributed by atoms with Crippen LogP contribution in [-0.4, -0.2) is 44.1 Å². The van der Waals surface area contributed by atoms with Crippen molar-refractivity contribution < 1.29 is 12.9 Å². The fourth-order valence-electron chi connectivity index (χ4n) is 3.87. The molecule has 0 bridgehead atoms.